The monoisotopic (exact) mass is 213 g/mol. The Morgan fingerprint density at radius 2 is 1.93 bits per heavy atom. The van der Waals surface area contributed by atoms with Crippen molar-refractivity contribution in [2.75, 3.05) is 0 Å². The van der Waals surface area contributed by atoms with E-state index in [0.29, 0.717) is 5.52 Å². The molecule has 1 heterocycles. The van der Waals surface area contributed by atoms with Crippen LogP contribution in [0.25, 0.3) is 10.9 Å². The summed E-state index contributed by atoms with van der Waals surface area (Å²) in [6, 6.07) is 3.07. The second-order valence-corrected chi connectivity index (χ2v) is 3.61. The molecule has 0 saturated heterocycles. The smallest absolute Gasteiger partial charge is 0.445 e. The third-order valence-electron chi connectivity index (χ3n) is 2.39. The summed E-state index contributed by atoms with van der Waals surface area (Å²) >= 11 is 0. The van der Waals surface area contributed by atoms with Gasteiger partial charge in [-0.1, -0.05) is 17.1 Å². The zero-order valence-corrected chi connectivity index (χ0v) is 8.34. The molecule has 1 aromatic heterocycles. The number of rotatable bonds is 1. The molecule has 0 aliphatic rings. The molecule has 0 fully saturated rings. The van der Waals surface area contributed by atoms with E-state index in [1.807, 2.05) is 0 Å². The van der Waals surface area contributed by atoms with Gasteiger partial charge in [0.15, 0.2) is 0 Å². The summed E-state index contributed by atoms with van der Waals surface area (Å²) < 4.78 is 39.8. The summed E-state index contributed by atoms with van der Waals surface area (Å²) in [4.78, 5) is 0. The summed E-state index contributed by atoms with van der Waals surface area (Å²) in [5.41, 5.74) is 0.112. The average molecular weight is 213 g/mol. The molecule has 2 nitrogen and oxygen atoms in total. The van der Waals surface area contributed by atoms with E-state index in [1.54, 1.807) is 13.1 Å². The van der Waals surface area contributed by atoms with Crippen molar-refractivity contribution in [3.05, 3.63) is 23.9 Å². The first-order valence-corrected chi connectivity index (χ1v) is 4.52. The summed E-state index contributed by atoms with van der Waals surface area (Å²) in [6.45, 7) is -3.51. The number of nitrogens with zero attached hydrogens (tertiary/aromatic N) is 2. The lowest BCUT2D eigenvalue weighted by Crippen LogP contribution is -2.36. The maximum Gasteiger partial charge on any atom is 0.510 e. The topological polar surface area (TPSA) is 17.8 Å². The standard InChI is InChI=1S/C9H9BF3N2/c1-6-3-4-8-7(5-15(2)14-8)9(6)10(11,12)13/h3-5H,1-2H3/q-1. The molecule has 0 saturated carbocycles. The Balaban J connectivity index is 2.85. The number of aryl methyl sites for hydroxylation is 2. The van der Waals surface area contributed by atoms with Crippen LogP contribution in [-0.2, 0) is 7.05 Å². The largest absolute Gasteiger partial charge is 0.510 e. The molecular weight excluding hydrogens is 204 g/mol. The Kier molecular flexibility index (Phi) is 2.03. The number of aromatic nitrogens is 2. The summed E-state index contributed by atoms with van der Waals surface area (Å²) in [6.07, 6.45) is 1.41. The number of fused-ring (bicyclic) bond motifs is 1. The van der Waals surface area contributed by atoms with Crippen LogP contribution in [0.4, 0.5) is 12.9 Å². The lowest BCUT2D eigenvalue weighted by atomic mass is 9.75. The minimum Gasteiger partial charge on any atom is -0.445 e. The van der Waals surface area contributed by atoms with Gasteiger partial charge < -0.3 is 12.9 Å². The van der Waals surface area contributed by atoms with Crippen LogP contribution in [-0.4, -0.2) is 16.8 Å². The second-order valence-electron chi connectivity index (χ2n) is 3.61. The first-order valence-electron chi connectivity index (χ1n) is 4.52. The maximum atomic E-state index is 12.8. The molecule has 15 heavy (non-hydrogen) atoms. The Morgan fingerprint density at radius 1 is 1.27 bits per heavy atom. The molecule has 6 heteroatoms. The fourth-order valence-corrected chi connectivity index (χ4v) is 1.78. The average Bonchev–Trinajstić information content (AvgIpc) is 2.41. The zero-order chi connectivity index (χ0) is 11.2. The highest BCUT2D eigenvalue weighted by Crippen LogP contribution is 2.19. The van der Waals surface area contributed by atoms with Crippen molar-refractivity contribution in [1.29, 1.82) is 0 Å². The fraction of sp³-hybridized carbons (Fsp3) is 0.222. The van der Waals surface area contributed by atoms with E-state index in [0.717, 1.165) is 0 Å². The van der Waals surface area contributed by atoms with E-state index >= 15 is 0 Å². The van der Waals surface area contributed by atoms with Crippen molar-refractivity contribution in [2.24, 2.45) is 7.05 Å². The molecule has 0 bridgehead atoms. The molecular formula is C9H9BF3N2-. The fourth-order valence-electron chi connectivity index (χ4n) is 1.78. The van der Waals surface area contributed by atoms with Gasteiger partial charge in [0.05, 0.1) is 5.52 Å². The van der Waals surface area contributed by atoms with Crippen LogP contribution in [0.1, 0.15) is 5.56 Å². The molecule has 0 unspecified atom stereocenters. The molecule has 0 atom stereocenters. The highest BCUT2D eigenvalue weighted by atomic mass is 19.4. The van der Waals surface area contributed by atoms with Crippen LogP contribution in [0.2, 0.25) is 0 Å². The van der Waals surface area contributed by atoms with Gasteiger partial charge in [0.25, 0.3) is 0 Å². The van der Waals surface area contributed by atoms with Crippen molar-refractivity contribution in [2.45, 2.75) is 6.92 Å². The molecule has 2 aromatic rings. The minimum absolute atomic E-state index is 0.185. The summed E-state index contributed by atoms with van der Waals surface area (Å²) in [5, 5.41) is 4.14. The number of halogens is 3. The van der Waals surface area contributed by atoms with Crippen LogP contribution in [0.3, 0.4) is 0 Å². The van der Waals surface area contributed by atoms with Gasteiger partial charge in [-0.05, 0) is 18.4 Å². The van der Waals surface area contributed by atoms with Crippen molar-refractivity contribution in [3.8, 4) is 0 Å². The molecule has 0 aliphatic carbocycles. The molecule has 0 amide bonds. The highest BCUT2D eigenvalue weighted by molar-refractivity contribution is 6.76. The van der Waals surface area contributed by atoms with E-state index in [4.69, 9.17) is 0 Å². The van der Waals surface area contributed by atoms with Gasteiger partial charge in [0.1, 0.15) is 0 Å². The number of hydrogen-bond donors (Lipinski definition) is 0. The van der Waals surface area contributed by atoms with E-state index in [1.165, 1.54) is 23.9 Å². The van der Waals surface area contributed by atoms with E-state index < -0.39 is 12.4 Å². The molecule has 0 radical (unpaired) electrons. The van der Waals surface area contributed by atoms with Crippen molar-refractivity contribution in [1.82, 2.24) is 9.78 Å². The maximum absolute atomic E-state index is 12.8. The number of benzene rings is 1. The van der Waals surface area contributed by atoms with Crippen LogP contribution in [0.5, 0.6) is 0 Å². The Bertz CT molecular complexity index is 516. The third-order valence-corrected chi connectivity index (χ3v) is 2.39. The first-order chi connectivity index (χ1) is 6.89. The first kappa shape index (κ1) is 10.1. The van der Waals surface area contributed by atoms with Crippen LogP contribution in [0, 0.1) is 6.92 Å². The molecule has 1 aromatic carbocycles. The molecule has 0 aliphatic heterocycles. The predicted molar refractivity (Wildman–Crippen MR) is 54.2 cm³/mol. The second kappa shape index (κ2) is 3.02. The summed E-state index contributed by atoms with van der Waals surface area (Å²) in [5.74, 6) is 0. The van der Waals surface area contributed by atoms with Gasteiger partial charge in [0.2, 0.25) is 0 Å². The van der Waals surface area contributed by atoms with Gasteiger partial charge in [-0.25, -0.2) is 0 Å². The Morgan fingerprint density at radius 3 is 2.53 bits per heavy atom. The molecule has 2 rings (SSSR count). The van der Waals surface area contributed by atoms with E-state index in [2.05, 4.69) is 5.10 Å². The quantitative estimate of drug-likeness (QED) is 0.661. The lowest BCUT2D eigenvalue weighted by Gasteiger charge is -2.18. The number of hydrogen-bond acceptors (Lipinski definition) is 1. The zero-order valence-electron chi connectivity index (χ0n) is 8.34. The van der Waals surface area contributed by atoms with Crippen LogP contribution < -0.4 is 5.46 Å². The normalized spacial score (nSPS) is 12.3. The molecule has 80 valence electrons. The van der Waals surface area contributed by atoms with Gasteiger partial charge >= 0.3 is 6.98 Å². The van der Waals surface area contributed by atoms with E-state index in [-0.39, 0.29) is 10.9 Å². The third kappa shape index (κ3) is 1.60. The molecule has 0 N–H and O–H groups in total. The van der Waals surface area contributed by atoms with Crippen LogP contribution >= 0.6 is 0 Å². The van der Waals surface area contributed by atoms with Crippen molar-refractivity contribution >= 4 is 23.3 Å². The molecule has 0 spiro atoms. The Hall–Kier alpha value is -1.46. The predicted octanol–water partition coefficient (Wildman–Crippen LogP) is 1.94. The lowest BCUT2D eigenvalue weighted by molar-refractivity contribution is 0.501. The van der Waals surface area contributed by atoms with Gasteiger partial charge in [-0.15, -0.1) is 0 Å². The summed E-state index contributed by atoms with van der Waals surface area (Å²) in [7, 11) is 1.61. The van der Waals surface area contributed by atoms with Gasteiger partial charge in [-0.2, -0.15) is 5.10 Å². The highest BCUT2D eigenvalue weighted by Gasteiger charge is 2.29. The Labute approximate surface area is 84.8 Å². The van der Waals surface area contributed by atoms with Gasteiger partial charge in [0, 0.05) is 13.2 Å². The van der Waals surface area contributed by atoms with Gasteiger partial charge in [-0.3, -0.25) is 4.68 Å². The minimum atomic E-state index is -4.98. The SMILES string of the molecule is Cc1ccc2nn(C)cc2c1[B-](F)(F)F. The van der Waals surface area contributed by atoms with Crippen molar-refractivity contribution in [3.63, 3.8) is 0 Å². The van der Waals surface area contributed by atoms with E-state index in [9.17, 15) is 12.9 Å². The van der Waals surface area contributed by atoms with Crippen LogP contribution in [0.15, 0.2) is 18.3 Å². The van der Waals surface area contributed by atoms with Crippen molar-refractivity contribution < 1.29 is 12.9 Å².